The van der Waals surface area contributed by atoms with Crippen LogP contribution in [0.5, 0.6) is 0 Å². The van der Waals surface area contributed by atoms with Gasteiger partial charge in [0.2, 0.25) is 0 Å². The van der Waals surface area contributed by atoms with Crippen molar-refractivity contribution in [3.63, 3.8) is 0 Å². The van der Waals surface area contributed by atoms with Gasteiger partial charge in [0, 0.05) is 0 Å². The summed E-state index contributed by atoms with van der Waals surface area (Å²) in [5.41, 5.74) is 1.97. The molecule has 0 atom stereocenters. The number of aliphatic hydroxyl groups is 1. The number of rotatable bonds is 1. The predicted octanol–water partition coefficient (Wildman–Crippen LogP) is 3.47. The maximum atomic E-state index is 8.80. The molecule has 0 spiro atoms. The number of hydrogen-bond donors (Lipinski definition) is 1. The summed E-state index contributed by atoms with van der Waals surface area (Å²) in [6, 6.07) is 7.63. The molecule has 1 N–H and O–H groups in total. The second-order valence-electron chi connectivity index (χ2n) is 2.35. The molecular formula is C8H7Br3O. The summed E-state index contributed by atoms with van der Waals surface area (Å²) in [7, 11) is 0. The van der Waals surface area contributed by atoms with Crippen LogP contribution < -0.4 is 0 Å². The van der Waals surface area contributed by atoms with Crippen molar-refractivity contribution in [1.82, 2.24) is 0 Å². The maximum Gasteiger partial charge on any atom is 0.159 e. The van der Waals surface area contributed by atoms with Gasteiger partial charge in [-0.15, -0.1) is 0 Å². The Labute approximate surface area is 96.6 Å². The van der Waals surface area contributed by atoms with Crippen LogP contribution in [0.2, 0.25) is 0 Å². The molecule has 1 aromatic rings. The van der Waals surface area contributed by atoms with Crippen molar-refractivity contribution in [3.05, 3.63) is 35.4 Å². The first-order chi connectivity index (χ1) is 5.54. The molecule has 0 heterocycles. The molecule has 0 aliphatic rings. The SMILES string of the molecule is OCc1ccc(C(Br)(Br)Br)cc1. The second-order valence-corrected chi connectivity index (χ2v) is 9.11. The van der Waals surface area contributed by atoms with Crippen LogP contribution in [0.1, 0.15) is 11.1 Å². The van der Waals surface area contributed by atoms with E-state index in [0.717, 1.165) is 11.1 Å². The number of alkyl halides is 3. The van der Waals surface area contributed by atoms with Gasteiger partial charge in [-0.3, -0.25) is 0 Å². The van der Waals surface area contributed by atoms with E-state index in [1.54, 1.807) is 0 Å². The Morgan fingerprint density at radius 1 is 1.08 bits per heavy atom. The Hall–Kier alpha value is 0.620. The fourth-order valence-electron chi connectivity index (χ4n) is 0.799. The van der Waals surface area contributed by atoms with Gasteiger partial charge in [0.15, 0.2) is 2.14 Å². The van der Waals surface area contributed by atoms with E-state index in [1.165, 1.54) is 0 Å². The maximum absolute atomic E-state index is 8.80. The first-order valence-electron chi connectivity index (χ1n) is 3.31. The summed E-state index contributed by atoms with van der Waals surface area (Å²) in [5.74, 6) is 0. The Morgan fingerprint density at radius 3 is 1.92 bits per heavy atom. The van der Waals surface area contributed by atoms with Crippen LogP contribution in [-0.4, -0.2) is 5.11 Å². The number of halogens is 3. The summed E-state index contributed by atoms with van der Waals surface area (Å²) in [5, 5.41) is 8.80. The summed E-state index contributed by atoms with van der Waals surface area (Å²) in [6.07, 6.45) is 0. The minimum Gasteiger partial charge on any atom is -0.392 e. The van der Waals surface area contributed by atoms with E-state index in [9.17, 15) is 0 Å². The van der Waals surface area contributed by atoms with Crippen LogP contribution in [0.3, 0.4) is 0 Å². The van der Waals surface area contributed by atoms with E-state index in [-0.39, 0.29) is 8.75 Å². The Morgan fingerprint density at radius 2 is 1.58 bits per heavy atom. The largest absolute Gasteiger partial charge is 0.392 e. The minimum absolute atomic E-state index is 0.0835. The van der Waals surface area contributed by atoms with Gasteiger partial charge in [0.1, 0.15) is 0 Å². The monoisotopic (exact) mass is 356 g/mol. The fourth-order valence-corrected chi connectivity index (χ4v) is 1.59. The third-order valence-electron chi connectivity index (χ3n) is 1.46. The van der Waals surface area contributed by atoms with Crippen molar-refractivity contribution in [3.8, 4) is 0 Å². The van der Waals surface area contributed by atoms with Crippen molar-refractivity contribution in [1.29, 1.82) is 0 Å². The van der Waals surface area contributed by atoms with E-state index in [0.29, 0.717) is 0 Å². The number of aliphatic hydroxyl groups excluding tert-OH is 1. The van der Waals surface area contributed by atoms with Crippen molar-refractivity contribution in [2.75, 3.05) is 0 Å². The molecule has 0 saturated heterocycles. The smallest absolute Gasteiger partial charge is 0.159 e. The van der Waals surface area contributed by atoms with Crippen molar-refractivity contribution in [2.45, 2.75) is 8.75 Å². The summed E-state index contributed by atoms with van der Waals surface area (Å²) in [6.45, 7) is 0.0835. The van der Waals surface area contributed by atoms with Gasteiger partial charge < -0.3 is 5.11 Å². The second kappa shape index (κ2) is 4.22. The highest BCUT2D eigenvalue weighted by Gasteiger charge is 2.19. The normalized spacial score (nSPS) is 11.7. The molecule has 0 unspecified atom stereocenters. The lowest BCUT2D eigenvalue weighted by Gasteiger charge is -2.12. The average Bonchev–Trinajstić information content (AvgIpc) is 2.03. The van der Waals surface area contributed by atoms with Crippen LogP contribution in [0.25, 0.3) is 0 Å². The molecule has 0 fully saturated rings. The Bertz CT molecular complexity index is 250. The van der Waals surface area contributed by atoms with E-state index >= 15 is 0 Å². The molecule has 4 heteroatoms. The van der Waals surface area contributed by atoms with E-state index in [1.807, 2.05) is 24.3 Å². The molecule has 1 nitrogen and oxygen atoms in total. The van der Waals surface area contributed by atoms with Crippen LogP contribution in [0, 0.1) is 0 Å². The third-order valence-corrected chi connectivity index (χ3v) is 2.84. The third kappa shape index (κ3) is 2.83. The van der Waals surface area contributed by atoms with Gasteiger partial charge in [-0.2, -0.15) is 0 Å². The number of hydrogen-bond acceptors (Lipinski definition) is 1. The van der Waals surface area contributed by atoms with E-state index in [2.05, 4.69) is 47.8 Å². The van der Waals surface area contributed by atoms with Gasteiger partial charge in [-0.05, 0) is 11.1 Å². The molecule has 0 saturated carbocycles. The number of benzene rings is 1. The molecule has 1 rings (SSSR count). The van der Waals surface area contributed by atoms with Crippen LogP contribution in [0.15, 0.2) is 24.3 Å². The van der Waals surface area contributed by atoms with Crippen molar-refractivity contribution >= 4 is 47.8 Å². The zero-order chi connectivity index (χ0) is 9.19. The summed E-state index contributed by atoms with van der Waals surface area (Å²) < 4.78 is -0.360. The average molecular weight is 359 g/mol. The molecule has 0 aliphatic carbocycles. The zero-order valence-corrected chi connectivity index (χ0v) is 10.9. The lowest BCUT2D eigenvalue weighted by molar-refractivity contribution is 0.282. The van der Waals surface area contributed by atoms with E-state index < -0.39 is 0 Å². The van der Waals surface area contributed by atoms with Gasteiger partial charge in [-0.1, -0.05) is 72.1 Å². The van der Waals surface area contributed by atoms with Crippen molar-refractivity contribution in [2.24, 2.45) is 0 Å². The minimum atomic E-state index is -0.360. The van der Waals surface area contributed by atoms with Crippen LogP contribution in [-0.2, 0) is 8.75 Å². The molecule has 12 heavy (non-hydrogen) atoms. The molecule has 1 aromatic carbocycles. The summed E-state index contributed by atoms with van der Waals surface area (Å²) in [4.78, 5) is 0. The molecule has 0 aromatic heterocycles. The highest BCUT2D eigenvalue weighted by Crippen LogP contribution is 2.44. The highest BCUT2D eigenvalue weighted by atomic mass is 80.0. The first kappa shape index (κ1) is 10.7. The Balaban J connectivity index is 2.93. The summed E-state index contributed by atoms with van der Waals surface area (Å²) >= 11 is 10.2. The zero-order valence-electron chi connectivity index (χ0n) is 6.10. The molecule has 0 aliphatic heterocycles. The lowest BCUT2D eigenvalue weighted by atomic mass is 10.2. The molecule has 0 amide bonds. The van der Waals surface area contributed by atoms with Gasteiger partial charge in [0.05, 0.1) is 6.61 Å². The standard InChI is InChI=1S/C8H7Br3O/c9-8(10,11)7-3-1-6(5-12)2-4-7/h1-4,12H,5H2. The predicted molar refractivity (Wildman–Crippen MR) is 60.8 cm³/mol. The van der Waals surface area contributed by atoms with Gasteiger partial charge in [0.25, 0.3) is 0 Å². The highest BCUT2D eigenvalue weighted by molar-refractivity contribution is 9.38. The lowest BCUT2D eigenvalue weighted by Crippen LogP contribution is -1.97. The molecule has 0 radical (unpaired) electrons. The molecule has 0 bridgehead atoms. The van der Waals surface area contributed by atoms with E-state index in [4.69, 9.17) is 5.11 Å². The molecular weight excluding hydrogens is 352 g/mol. The van der Waals surface area contributed by atoms with Crippen molar-refractivity contribution < 1.29 is 5.11 Å². The Kier molecular flexibility index (Phi) is 3.76. The fraction of sp³-hybridized carbons (Fsp3) is 0.250. The molecule has 66 valence electrons. The first-order valence-corrected chi connectivity index (χ1v) is 5.69. The van der Waals surface area contributed by atoms with Crippen LogP contribution >= 0.6 is 47.8 Å². The quantitative estimate of drug-likeness (QED) is 0.762. The van der Waals surface area contributed by atoms with Crippen LogP contribution in [0.4, 0.5) is 0 Å². The van der Waals surface area contributed by atoms with Gasteiger partial charge in [-0.25, -0.2) is 0 Å². The topological polar surface area (TPSA) is 20.2 Å². The van der Waals surface area contributed by atoms with Gasteiger partial charge >= 0.3 is 0 Å².